The van der Waals surface area contributed by atoms with Gasteiger partial charge in [-0.1, -0.05) is 66.4 Å². The number of unbranched alkanes of at least 4 members (excludes halogenated alkanes) is 3. The van der Waals surface area contributed by atoms with Crippen LogP contribution in [-0.4, -0.2) is 14.8 Å². The second-order valence-corrected chi connectivity index (χ2v) is 8.21. The zero-order valence-corrected chi connectivity index (χ0v) is 18.3. The molecule has 3 rings (SSSR count). The van der Waals surface area contributed by atoms with Crippen LogP contribution in [-0.2, 0) is 6.42 Å². The van der Waals surface area contributed by atoms with Crippen LogP contribution >= 0.6 is 15.9 Å². The molecular weight excluding hydrogens is 398 g/mol. The van der Waals surface area contributed by atoms with E-state index in [0.29, 0.717) is 0 Å². The summed E-state index contributed by atoms with van der Waals surface area (Å²) < 4.78 is 3.05. The van der Waals surface area contributed by atoms with E-state index < -0.39 is 0 Å². The zero-order valence-electron chi connectivity index (χ0n) is 16.7. The summed E-state index contributed by atoms with van der Waals surface area (Å²) in [4.78, 5) is 4.70. The molecule has 142 valence electrons. The largest absolute Gasteiger partial charge is 0.212 e. The molecule has 0 fully saturated rings. The van der Waals surface area contributed by atoms with Gasteiger partial charge in [0.1, 0.15) is 5.82 Å². The molecule has 0 saturated heterocycles. The van der Waals surface area contributed by atoms with Crippen molar-refractivity contribution in [3.8, 4) is 17.1 Å². The molecule has 2 aromatic carbocycles. The van der Waals surface area contributed by atoms with E-state index in [0.717, 1.165) is 33.8 Å². The number of hydrogen-bond donors (Lipinski definition) is 0. The lowest BCUT2D eigenvalue weighted by Crippen LogP contribution is -2.06. The van der Waals surface area contributed by atoms with Crippen LogP contribution in [0.4, 0.5) is 0 Å². The first-order chi connectivity index (χ1) is 13.0. The van der Waals surface area contributed by atoms with Crippen molar-refractivity contribution in [3.63, 3.8) is 0 Å². The van der Waals surface area contributed by atoms with Crippen LogP contribution in [0.5, 0.6) is 0 Å². The maximum absolute atomic E-state index is 4.72. The van der Waals surface area contributed by atoms with Gasteiger partial charge in [0.15, 0.2) is 5.82 Å². The Hall–Kier alpha value is -1.94. The van der Waals surface area contributed by atoms with E-state index in [1.54, 1.807) is 0 Å². The maximum atomic E-state index is 4.72. The number of hydrogen-bond acceptors (Lipinski definition) is 2. The van der Waals surface area contributed by atoms with Crippen molar-refractivity contribution in [2.75, 3.05) is 0 Å². The molecule has 0 saturated carbocycles. The van der Waals surface area contributed by atoms with Gasteiger partial charge >= 0.3 is 0 Å². The van der Waals surface area contributed by atoms with Gasteiger partial charge in [0.25, 0.3) is 0 Å². The van der Waals surface area contributed by atoms with Gasteiger partial charge in [0.2, 0.25) is 0 Å². The molecule has 4 heteroatoms. The van der Waals surface area contributed by atoms with Gasteiger partial charge < -0.3 is 0 Å². The molecule has 3 nitrogen and oxygen atoms in total. The summed E-state index contributed by atoms with van der Waals surface area (Å²) in [5, 5.41) is 4.72. The Morgan fingerprint density at radius 2 is 1.70 bits per heavy atom. The van der Waals surface area contributed by atoms with Crippen LogP contribution in [0, 0.1) is 20.8 Å². The van der Waals surface area contributed by atoms with Crippen LogP contribution in [0.1, 0.15) is 55.1 Å². The van der Waals surface area contributed by atoms with Gasteiger partial charge in [-0.15, -0.1) is 0 Å². The van der Waals surface area contributed by atoms with E-state index in [4.69, 9.17) is 10.1 Å². The van der Waals surface area contributed by atoms with E-state index in [1.807, 2.05) is 23.7 Å². The number of aryl methyl sites for hydroxylation is 4. The van der Waals surface area contributed by atoms with Gasteiger partial charge in [-0.2, -0.15) is 5.10 Å². The molecule has 0 aliphatic carbocycles. The Balaban J connectivity index is 1.97. The van der Waals surface area contributed by atoms with Gasteiger partial charge in [-0.25, -0.2) is 9.67 Å². The summed E-state index contributed by atoms with van der Waals surface area (Å²) in [6.07, 6.45) is 6.32. The summed E-state index contributed by atoms with van der Waals surface area (Å²) >= 11 is 3.56. The monoisotopic (exact) mass is 425 g/mol. The van der Waals surface area contributed by atoms with E-state index in [9.17, 15) is 0 Å². The Labute approximate surface area is 171 Å². The predicted molar refractivity (Wildman–Crippen MR) is 117 cm³/mol. The summed E-state index contributed by atoms with van der Waals surface area (Å²) in [6.45, 7) is 8.57. The lowest BCUT2D eigenvalue weighted by Gasteiger charge is -2.15. The van der Waals surface area contributed by atoms with Crippen LogP contribution in [0.3, 0.4) is 0 Å². The molecule has 0 aliphatic heterocycles. The highest BCUT2D eigenvalue weighted by atomic mass is 79.9. The molecule has 27 heavy (non-hydrogen) atoms. The fourth-order valence-corrected chi connectivity index (χ4v) is 4.06. The third-order valence-corrected chi connectivity index (χ3v) is 5.37. The summed E-state index contributed by atoms with van der Waals surface area (Å²) in [5.74, 6) is 1.67. The van der Waals surface area contributed by atoms with E-state index >= 15 is 0 Å². The highest BCUT2D eigenvalue weighted by molar-refractivity contribution is 9.10. The minimum atomic E-state index is 0.785. The number of benzene rings is 2. The van der Waals surface area contributed by atoms with Crippen LogP contribution < -0.4 is 0 Å². The molecule has 0 spiro atoms. The Morgan fingerprint density at radius 3 is 2.37 bits per heavy atom. The first-order valence-corrected chi connectivity index (χ1v) is 10.6. The number of halogens is 1. The second-order valence-electron chi connectivity index (χ2n) is 7.29. The summed E-state index contributed by atoms with van der Waals surface area (Å²) in [5.41, 5.74) is 6.13. The van der Waals surface area contributed by atoms with Gasteiger partial charge in [-0.05, 0) is 62.4 Å². The van der Waals surface area contributed by atoms with Crippen molar-refractivity contribution in [2.45, 2.75) is 59.8 Å². The number of rotatable bonds is 7. The van der Waals surface area contributed by atoms with Crippen LogP contribution in [0.15, 0.2) is 40.9 Å². The maximum Gasteiger partial charge on any atom is 0.163 e. The molecule has 3 aromatic rings. The number of nitrogens with zero attached hydrogens (tertiary/aromatic N) is 3. The lowest BCUT2D eigenvalue weighted by molar-refractivity contribution is 0.666. The second kappa shape index (κ2) is 8.83. The van der Waals surface area contributed by atoms with E-state index in [1.165, 1.54) is 42.4 Å². The molecule has 1 aromatic heterocycles. The minimum Gasteiger partial charge on any atom is -0.212 e. The predicted octanol–water partition coefficient (Wildman–Crippen LogP) is 6.74. The van der Waals surface area contributed by atoms with Crippen molar-refractivity contribution >= 4 is 15.9 Å². The average molecular weight is 426 g/mol. The molecule has 0 unspecified atom stereocenters. The third kappa shape index (κ3) is 4.67. The van der Waals surface area contributed by atoms with Gasteiger partial charge in [0, 0.05) is 10.0 Å². The molecule has 0 radical (unpaired) electrons. The van der Waals surface area contributed by atoms with Crippen molar-refractivity contribution in [1.29, 1.82) is 0 Å². The quantitative estimate of drug-likeness (QED) is 0.392. The average Bonchev–Trinajstić information content (AvgIpc) is 2.99. The molecule has 0 N–H and O–H groups in total. The van der Waals surface area contributed by atoms with Gasteiger partial charge in [-0.3, -0.25) is 0 Å². The first kappa shape index (κ1) is 19.8. The van der Waals surface area contributed by atoms with E-state index in [2.05, 4.69) is 61.0 Å². The van der Waals surface area contributed by atoms with Crippen molar-refractivity contribution < 1.29 is 0 Å². The summed E-state index contributed by atoms with van der Waals surface area (Å²) in [6, 6.07) is 12.9. The SMILES string of the molecule is CCCCCCc1cc(C)c(-n2nc(C)nc2-c2cccc(Br)c2)c(C)c1. The molecule has 0 atom stereocenters. The molecule has 0 amide bonds. The third-order valence-electron chi connectivity index (χ3n) is 4.88. The fourth-order valence-electron chi connectivity index (χ4n) is 3.67. The van der Waals surface area contributed by atoms with Crippen LogP contribution in [0.2, 0.25) is 0 Å². The normalized spacial score (nSPS) is 11.1. The Bertz CT molecular complexity index is 904. The topological polar surface area (TPSA) is 30.7 Å². The first-order valence-electron chi connectivity index (χ1n) is 9.79. The lowest BCUT2D eigenvalue weighted by atomic mass is 9.99. The molecule has 0 aliphatic rings. The van der Waals surface area contributed by atoms with Gasteiger partial charge in [0.05, 0.1) is 5.69 Å². The highest BCUT2D eigenvalue weighted by Crippen LogP contribution is 2.28. The Kier molecular flexibility index (Phi) is 6.48. The standard InChI is InChI=1S/C23H28BrN3/c1-5-6-7-8-10-19-13-16(2)22(17(3)14-19)27-23(25-18(4)26-27)20-11-9-12-21(24)15-20/h9,11-15H,5-8,10H2,1-4H3. The molecular formula is C23H28BrN3. The fraction of sp³-hybridized carbons (Fsp3) is 0.391. The van der Waals surface area contributed by atoms with E-state index in [-0.39, 0.29) is 0 Å². The van der Waals surface area contributed by atoms with Crippen molar-refractivity contribution in [1.82, 2.24) is 14.8 Å². The highest BCUT2D eigenvalue weighted by Gasteiger charge is 2.16. The smallest absolute Gasteiger partial charge is 0.163 e. The minimum absolute atomic E-state index is 0.785. The Morgan fingerprint density at radius 1 is 0.963 bits per heavy atom. The van der Waals surface area contributed by atoms with Crippen molar-refractivity contribution in [2.24, 2.45) is 0 Å². The van der Waals surface area contributed by atoms with Crippen molar-refractivity contribution in [3.05, 3.63) is 63.4 Å². The molecule has 1 heterocycles. The van der Waals surface area contributed by atoms with Crippen LogP contribution in [0.25, 0.3) is 17.1 Å². The molecule has 0 bridgehead atoms. The summed E-state index contributed by atoms with van der Waals surface area (Å²) in [7, 11) is 0. The number of aromatic nitrogens is 3. The zero-order chi connectivity index (χ0) is 19.4.